The Labute approximate surface area is 83.5 Å². The monoisotopic (exact) mass is 242 g/mol. The van der Waals surface area contributed by atoms with E-state index in [0.29, 0.717) is 6.54 Å². The molecule has 0 aliphatic rings. The van der Waals surface area contributed by atoms with Crippen molar-refractivity contribution in [1.29, 1.82) is 0 Å². The molecular weight excluding hydrogens is 235 g/mol. The minimum atomic E-state index is -0.386. The molecule has 2 rings (SSSR count). The van der Waals surface area contributed by atoms with Crippen molar-refractivity contribution in [2.24, 2.45) is 0 Å². The molecule has 0 amide bonds. The quantitative estimate of drug-likeness (QED) is 0.792. The Morgan fingerprint density at radius 2 is 2.31 bits per heavy atom. The lowest BCUT2D eigenvalue weighted by atomic mass is 10.2. The van der Waals surface area contributed by atoms with Crippen molar-refractivity contribution in [3.8, 4) is 0 Å². The molecule has 0 radical (unpaired) electrons. The molecule has 1 heterocycles. The van der Waals surface area contributed by atoms with Crippen LogP contribution in [-0.4, -0.2) is 16.5 Å². The Hall–Kier alpha value is -0.900. The van der Waals surface area contributed by atoms with E-state index in [1.165, 1.54) is 0 Å². The number of aryl methyl sites for hydroxylation is 1. The second-order valence-electron chi connectivity index (χ2n) is 2.76. The number of aromatic nitrogens is 2. The molecule has 4 heteroatoms. The van der Waals surface area contributed by atoms with Gasteiger partial charge in [-0.3, -0.25) is 4.68 Å². The maximum atomic E-state index is 12.1. The number of halogens is 2. The van der Waals surface area contributed by atoms with Gasteiger partial charge in [0.1, 0.15) is 6.67 Å². The first-order chi connectivity index (χ1) is 6.31. The van der Waals surface area contributed by atoms with E-state index in [-0.39, 0.29) is 6.67 Å². The van der Waals surface area contributed by atoms with Gasteiger partial charge in [-0.15, -0.1) is 0 Å². The van der Waals surface area contributed by atoms with E-state index in [1.54, 1.807) is 10.9 Å². The normalized spacial score (nSPS) is 10.9. The Morgan fingerprint density at radius 3 is 3.08 bits per heavy atom. The fourth-order valence-electron chi connectivity index (χ4n) is 1.30. The summed E-state index contributed by atoms with van der Waals surface area (Å²) in [5.41, 5.74) is 0.965. The van der Waals surface area contributed by atoms with Crippen LogP contribution in [0.3, 0.4) is 0 Å². The molecule has 0 atom stereocenters. The Kier molecular flexibility index (Phi) is 2.31. The average Bonchev–Trinajstić information content (AvgIpc) is 2.49. The van der Waals surface area contributed by atoms with Crippen molar-refractivity contribution in [2.75, 3.05) is 6.67 Å². The van der Waals surface area contributed by atoms with E-state index >= 15 is 0 Å². The second kappa shape index (κ2) is 3.46. The van der Waals surface area contributed by atoms with Gasteiger partial charge in [-0.2, -0.15) is 5.10 Å². The molecule has 68 valence electrons. The van der Waals surface area contributed by atoms with E-state index in [9.17, 15) is 4.39 Å². The lowest BCUT2D eigenvalue weighted by Gasteiger charge is -1.99. The third-order valence-corrected chi connectivity index (χ3v) is 2.40. The van der Waals surface area contributed by atoms with Crippen LogP contribution in [-0.2, 0) is 6.54 Å². The van der Waals surface area contributed by atoms with Crippen LogP contribution in [0.1, 0.15) is 0 Å². The van der Waals surface area contributed by atoms with Crippen LogP contribution in [0.5, 0.6) is 0 Å². The number of benzene rings is 1. The number of hydrogen-bond acceptors (Lipinski definition) is 1. The molecule has 1 aromatic carbocycles. The highest BCUT2D eigenvalue weighted by Crippen LogP contribution is 2.19. The van der Waals surface area contributed by atoms with Gasteiger partial charge in [0.15, 0.2) is 0 Å². The molecular formula is C9H8BrFN2. The minimum Gasteiger partial charge on any atom is -0.262 e. The maximum absolute atomic E-state index is 12.1. The summed E-state index contributed by atoms with van der Waals surface area (Å²) in [6, 6.07) is 5.85. The van der Waals surface area contributed by atoms with E-state index < -0.39 is 0 Å². The molecule has 2 aromatic rings. The summed E-state index contributed by atoms with van der Waals surface area (Å²) in [5.74, 6) is 0. The Balaban J connectivity index is 2.58. The van der Waals surface area contributed by atoms with Gasteiger partial charge in [0.25, 0.3) is 0 Å². The van der Waals surface area contributed by atoms with E-state index in [1.807, 2.05) is 18.2 Å². The van der Waals surface area contributed by atoms with Gasteiger partial charge in [-0.1, -0.05) is 22.0 Å². The third-order valence-electron chi connectivity index (χ3n) is 1.90. The topological polar surface area (TPSA) is 17.8 Å². The van der Waals surface area contributed by atoms with Gasteiger partial charge < -0.3 is 0 Å². The van der Waals surface area contributed by atoms with Crippen LogP contribution in [0.2, 0.25) is 0 Å². The number of fused-ring (bicyclic) bond motifs is 1. The lowest BCUT2D eigenvalue weighted by molar-refractivity contribution is 0.433. The first-order valence-corrected chi connectivity index (χ1v) is 4.77. The second-order valence-corrected chi connectivity index (χ2v) is 3.68. The summed E-state index contributed by atoms with van der Waals surface area (Å²) >= 11 is 3.37. The summed E-state index contributed by atoms with van der Waals surface area (Å²) in [6.45, 7) is -0.0662. The number of nitrogens with zero attached hydrogens (tertiary/aromatic N) is 2. The number of alkyl halides is 1. The smallest absolute Gasteiger partial charge is 0.109 e. The molecule has 0 saturated heterocycles. The molecule has 1 aromatic heterocycles. The molecule has 13 heavy (non-hydrogen) atoms. The largest absolute Gasteiger partial charge is 0.262 e. The van der Waals surface area contributed by atoms with Gasteiger partial charge >= 0.3 is 0 Å². The van der Waals surface area contributed by atoms with Crippen molar-refractivity contribution in [3.05, 3.63) is 28.9 Å². The van der Waals surface area contributed by atoms with Gasteiger partial charge in [0.2, 0.25) is 0 Å². The van der Waals surface area contributed by atoms with Crippen LogP contribution >= 0.6 is 15.9 Å². The summed E-state index contributed by atoms with van der Waals surface area (Å²) in [4.78, 5) is 0. The molecule has 0 saturated carbocycles. The highest BCUT2D eigenvalue weighted by Gasteiger charge is 2.01. The average molecular weight is 243 g/mol. The van der Waals surface area contributed by atoms with Gasteiger partial charge in [0.05, 0.1) is 18.3 Å². The van der Waals surface area contributed by atoms with Crippen molar-refractivity contribution >= 4 is 26.8 Å². The van der Waals surface area contributed by atoms with Crippen molar-refractivity contribution in [1.82, 2.24) is 9.78 Å². The van der Waals surface area contributed by atoms with Crippen molar-refractivity contribution in [3.63, 3.8) is 0 Å². The molecule has 0 bridgehead atoms. The zero-order valence-corrected chi connectivity index (χ0v) is 8.46. The summed E-state index contributed by atoms with van der Waals surface area (Å²) in [6.07, 6.45) is 1.75. The van der Waals surface area contributed by atoms with E-state index in [2.05, 4.69) is 21.0 Å². The molecule has 0 aliphatic carbocycles. The first kappa shape index (κ1) is 8.69. The Bertz CT molecular complexity index is 424. The molecule has 0 spiro atoms. The predicted octanol–water partition coefficient (Wildman–Crippen LogP) is 2.77. The fraction of sp³-hybridized carbons (Fsp3) is 0.222. The fourth-order valence-corrected chi connectivity index (χ4v) is 1.65. The van der Waals surface area contributed by atoms with E-state index in [0.717, 1.165) is 15.4 Å². The summed E-state index contributed by atoms with van der Waals surface area (Å²) in [7, 11) is 0. The van der Waals surface area contributed by atoms with Crippen LogP contribution in [0.15, 0.2) is 28.9 Å². The van der Waals surface area contributed by atoms with Crippen LogP contribution < -0.4 is 0 Å². The van der Waals surface area contributed by atoms with E-state index in [4.69, 9.17) is 0 Å². The zero-order chi connectivity index (χ0) is 9.26. The minimum absolute atomic E-state index is 0.319. The Morgan fingerprint density at radius 1 is 1.46 bits per heavy atom. The maximum Gasteiger partial charge on any atom is 0.109 e. The summed E-state index contributed by atoms with van der Waals surface area (Å²) in [5, 5.41) is 5.12. The highest BCUT2D eigenvalue weighted by molar-refractivity contribution is 9.10. The van der Waals surface area contributed by atoms with Gasteiger partial charge in [0, 0.05) is 9.86 Å². The molecule has 0 aliphatic heterocycles. The molecule has 0 unspecified atom stereocenters. The third kappa shape index (κ3) is 1.58. The van der Waals surface area contributed by atoms with Crippen LogP contribution in [0.25, 0.3) is 10.9 Å². The lowest BCUT2D eigenvalue weighted by Crippen LogP contribution is -2.00. The van der Waals surface area contributed by atoms with Gasteiger partial charge in [-0.25, -0.2) is 4.39 Å². The van der Waals surface area contributed by atoms with Crippen LogP contribution in [0, 0.1) is 0 Å². The van der Waals surface area contributed by atoms with Crippen molar-refractivity contribution in [2.45, 2.75) is 6.54 Å². The SMILES string of the molecule is FCCn1ncc2ccc(Br)cc21. The highest BCUT2D eigenvalue weighted by atomic mass is 79.9. The molecule has 0 N–H and O–H groups in total. The summed E-state index contributed by atoms with van der Waals surface area (Å²) < 4.78 is 14.8. The van der Waals surface area contributed by atoms with Gasteiger partial charge in [-0.05, 0) is 12.1 Å². The number of hydrogen-bond donors (Lipinski definition) is 0. The van der Waals surface area contributed by atoms with Crippen LogP contribution in [0.4, 0.5) is 4.39 Å². The zero-order valence-electron chi connectivity index (χ0n) is 6.87. The first-order valence-electron chi connectivity index (χ1n) is 3.98. The predicted molar refractivity (Wildman–Crippen MR) is 53.4 cm³/mol. The molecule has 0 fully saturated rings. The molecule has 2 nitrogen and oxygen atoms in total. The standard InChI is InChI=1S/C9H8BrFN2/c10-8-2-1-7-6-12-13(4-3-11)9(7)5-8/h1-2,5-6H,3-4H2. The number of rotatable bonds is 2. The van der Waals surface area contributed by atoms with Crippen molar-refractivity contribution < 1.29 is 4.39 Å².